The first-order chi connectivity index (χ1) is 4.59. The standard InChI is InChI=1S/C6H11NO3/c1-5(8)7(4-10-3)6(2)9/h4H2,1-3H3. The molecule has 4 nitrogen and oxygen atoms in total. The van der Waals surface area contributed by atoms with Crippen LogP contribution in [0.4, 0.5) is 0 Å². The second-order valence-corrected chi connectivity index (χ2v) is 1.88. The van der Waals surface area contributed by atoms with Crippen LogP contribution < -0.4 is 0 Å². The van der Waals surface area contributed by atoms with Gasteiger partial charge in [0, 0.05) is 21.0 Å². The Balaban J connectivity index is 3.98. The molecule has 0 heterocycles. The first kappa shape index (κ1) is 9.10. The zero-order valence-corrected chi connectivity index (χ0v) is 6.38. The lowest BCUT2D eigenvalue weighted by molar-refractivity contribution is -0.147. The van der Waals surface area contributed by atoms with Crippen LogP contribution in [0, 0.1) is 0 Å². The SMILES string of the molecule is COCN(C(C)=O)C(C)=O. The van der Waals surface area contributed by atoms with Gasteiger partial charge < -0.3 is 4.74 Å². The molecule has 0 aromatic heterocycles. The third-order valence-electron chi connectivity index (χ3n) is 1.02. The molecule has 0 spiro atoms. The summed E-state index contributed by atoms with van der Waals surface area (Å²) < 4.78 is 4.61. The normalized spacial score (nSPS) is 9.10. The molecule has 0 fully saturated rings. The van der Waals surface area contributed by atoms with Gasteiger partial charge in [-0.3, -0.25) is 14.5 Å². The number of rotatable bonds is 2. The van der Waals surface area contributed by atoms with E-state index >= 15 is 0 Å². The second-order valence-electron chi connectivity index (χ2n) is 1.88. The number of hydrogen-bond donors (Lipinski definition) is 0. The zero-order valence-electron chi connectivity index (χ0n) is 6.38. The van der Waals surface area contributed by atoms with Crippen molar-refractivity contribution < 1.29 is 14.3 Å². The topological polar surface area (TPSA) is 46.6 Å². The quantitative estimate of drug-likeness (QED) is 0.513. The van der Waals surface area contributed by atoms with Gasteiger partial charge >= 0.3 is 0 Å². The van der Waals surface area contributed by atoms with Gasteiger partial charge in [0.15, 0.2) is 0 Å². The van der Waals surface area contributed by atoms with Gasteiger partial charge in [-0.25, -0.2) is 0 Å². The van der Waals surface area contributed by atoms with E-state index in [0.717, 1.165) is 4.90 Å². The fourth-order valence-corrected chi connectivity index (χ4v) is 0.533. The third kappa shape index (κ3) is 2.59. The van der Waals surface area contributed by atoms with E-state index in [2.05, 4.69) is 4.74 Å². The van der Waals surface area contributed by atoms with Crippen molar-refractivity contribution in [3.05, 3.63) is 0 Å². The summed E-state index contributed by atoms with van der Waals surface area (Å²) in [6.07, 6.45) is 0. The highest BCUT2D eigenvalue weighted by Gasteiger charge is 2.11. The van der Waals surface area contributed by atoms with Crippen molar-refractivity contribution in [2.24, 2.45) is 0 Å². The third-order valence-corrected chi connectivity index (χ3v) is 1.02. The smallest absolute Gasteiger partial charge is 0.227 e. The average molecular weight is 145 g/mol. The van der Waals surface area contributed by atoms with Gasteiger partial charge in [-0.15, -0.1) is 0 Å². The van der Waals surface area contributed by atoms with Gasteiger partial charge in [0.25, 0.3) is 0 Å². The van der Waals surface area contributed by atoms with Gasteiger partial charge in [0.1, 0.15) is 6.73 Å². The van der Waals surface area contributed by atoms with Gasteiger partial charge in [-0.05, 0) is 0 Å². The lowest BCUT2D eigenvalue weighted by Gasteiger charge is -2.14. The summed E-state index contributed by atoms with van der Waals surface area (Å²) in [7, 11) is 1.43. The molecule has 4 heteroatoms. The molecular weight excluding hydrogens is 134 g/mol. The summed E-state index contributed by atoms with van der Waals surface area (Å²) in [5.74, 6) is -0.594. The summed E-state index contributed by atoms with van der Waals surface area (Å²) in [4.78, 5) is 22.2. The molecule has 0 rings (SSSR count). The highest BCUT2D eigenvalue weighted by atomic mass is 16.5. The largest absolute Gasteiger partial charge is 0.364 e. The van der Waals surface area contributed by atoms with Crippen molar-refractivity contribution in [2.45, 2.75) is 13.8 Å². The average Bonchev–Trinajstić information content (AvgIpc) is 1.81. The van der Waals surface area contributed by atoms with Gasteiger partial charge in [-0.2, -0.15) is 0 Å². The Morgan fingerprint density at radius 1 is 1.30 bits per heavy atom. The monoisotopic (exact) mass is 145 g/mol. The molecule has 10 heavy (non-hydrogen) atoms. The molecule has 2 amide bonds. The molecule has 0 bridgehead atoms. The molecule has 0 atom stereocenters. The van der Waals surface area contributed by atoms with Crippen molar-refractivity contribution in [2.75, 3.05) is 13.8 Å². The zero-order chi connectivity index (χ0) is 8.15. The fourth-order valence-electron chi connectivity index (χ4n) is 0.533. The minimum Gasteiger partial charge on any atom is -0.364 e. The first-order valence-corrected chi connectivity index (χ1v) is 2.87. The van der Waals surface area contributed by atoms with Crippen LogP contribution >= 0.6 is 0 Å². The number of carbonyl (C=O) groups excluding carboxylic acids is 2. The lowest BCUT2D eigenvalue weighted by Crippen LogP contribution is -2.34. The van der Waals surface area contributed by atoms with Crippen molar-refractivity contribution in [1.29, 1.82) is 0 Å². The highest BCUT2D eigenvalue weighted by molar-refractivity contribution is 5.92. The molecule has 0 aliphatic heterocycles. The molecule has 0 aromatic rings. The minimum absolute atomic E-state index is 0.0324. The molecule has 58 valence electrons. The molecule has 0 aliphatic carbocycles. The second kappa shape index (κ2) is 4.00. The van der Waals surface area contributed by atoms with E-state index < -0.39 is 0 Å². The number of imide groups is 1. The Bertz CT molecular complexity index is 130. The Labute approximate surface area is 59.8 Å². The molecule has 0 aromatic carbocycles. The number of ether oxygens (including phenoxy) is 1. The van der Waals surface area contributed by atoms with E-state index in [9.17, 15) is 9.59 Å². The van der Waals surface area contributed by atoms with E-state index in [1.807, 2.05) is 0 Å². The number of methoxy groups -OCH3 is 1. The van der Waals surface area contributed by atoms with Crippen LogP contribution in [0.2, 0.25) is 0 Å². The lowest BCUT2D eigenvalue weighted by atomic mass is 10.5. The van der Waals surface area contributed by atoms with Crippen LogP contribution in [0.5, 0.6) is 0 Å². The summed E-state index contributed by atoms with van der Waals surface area (Å²) in [6, 6.07) is 0. The molecular formula is C6H11NO3. The predicted octanol–water partition coefficient (Wildman–Crippen LogP) is -0.0147. The van der Waals surface area contributed by atoms with Crippen molar-refractivity contribution in [3.8, 4) is 0 Å². The van der Waals surface area contributed by atoms with Crippen LogP contribution in [-0.2, 0) is 14.3 Å². The van der Waals surface area contributed by atoms with Crippen molar-refractivity contribution in [1.82, 2.24) is 4.90 Å². The van der Waals surface area contributed by atoms with Gasteiger partial charge in [0.2, 0.25) is 11.8 Å². The van der Waals surface area contributed by atoms with E-state index in [1.165, 1.54) is 21.0 Å². The molecule has 0 unspecified atom stereocenters. The molecule has 0 saturated carbocycles. The Morgan fingerprint density at radius 2 is 1.70 bits per heavy atom. The number of nitrogens with zero attached hydrogens (tertiary/aromatic N) is 1. The van der Waals surface area contributed by atoms with E-state index in [-0.39, 0.29) is 18.5 Å². The first-order valence-electron chi connectivity index (χ1n) is 2.87. The minimum atomic E-state index is -0.297. The maximum atomic E-state index is 10.6. The Kier molecular flexibility index (Phi) is 3.64. The van der Waals surface area contributed by atoms with Crippen LogP contribution in [0.1, 0.15) is 13.8 Å². The Morgan fingerprint density at radius 3 is 1.80 bits per heavy atom. The van der Waals surface area contributed by atoms with Crippen LogP contribution in [0.3, 0.4) is 0 Å². The number of hydrogen-bond acceptors (Lipinski definition) is 3. The van der Waals surface area contributed by atoms with Crippen molar-refractivity contribution >= 4 is 11.8 Å². The number of carbonyl (C=O) groups is 2. The summed E-state index contributed by atoms with van der Waals surface area (Å²) in [6.45, 7) is 2.67. The molecule has 0 aliphatic rings. The fraction of sp³-hybridized carbons (Fsp3) is 0.667. The maximum Gasteiger partial charge on any atom is 0.227 e. The predicted molar refractivity (Wildman–Crippen MR) is 35.1 cm³/mol. The van der Waals surface area contributed by atoms with Gasteiger partial charge in [0.05, 0.1) is 0 Å². The maximum absolute atomic E-state index is 10.6. The molecule has 0 N–H and O–H groups in total. The van der Waals surface area contributed by atoms with Crippen LogP contribution in [-0.4, -0.2) is 30.6 Å². The number of amides is 2. The Hall–Kier alpha value is -0.900. The van der Waals surface area contributed by atoms with Crippen LogP contribution in [0.15, 0.2) is 0 Å². The van der Waals surface area contributed by atoms with E-state index in [0.29, 0.717) is 0 Å². The summed E-state index contributed by atoms with van der Waals surface area (Å²) in [5.41, 5.74) is 0. The van der Waals surface area contributed by atoms with E-state index in [4.69, 9.17) is 0 Å². The van der Waals surface area contributed by atoms with Crippen LogP contribution in [0.25, 0.3) is 0 Å². The molecule has 0 radical (unpaired) electrons. The van der Waals surface area contributed by atoms with Crippen molar-refractivity contribution in [3.63, 3.8) is 0 Å². The molecule has 0 saturated heterocycles. The summed E-state index contributed by atoms with van der Waals surface area (Å²) in [5, 5.41) is 0. The summed E-state index contributed by atoms with van der Waals surface area (Å²) >= 11 is 0. The van der Waals surface area contributed by atoms with E-state index in [1.54, 1.807) is 0 Å². The van der Waals surface area contributed by atoms with Gasteiger partial charge in [-0.1, -0.05) is 0 Å². The highest BCUT2D eigenvalue weighted by Crippen LogP contribution is 1.89.